The summed E-state index contributed by atoms with van der Waals surface area (Å²) >= 11 is 6.02. The average Bonchev–Trinajstić information content (AvgIpc) is 2.67. The molecule has 6 nitrogen and oxygen atoms in total. The van der Waals surface area contributed by atoms with Crippen LogP contribution in [0.2, 0.25) is 5.02 Å². The molecule has 0 aliphatic carbocycles. The minimum Gasteiger partial charge on any atom is -0.497 e. The van der Waals surface area contributed by atoms with Crippen molar-refractivity contribution in [2.45, 2.75) is 26.3 Å². The lowest BCUT2D eigenvalue weighted by molar-refractivity contribution is -0.131. The molecule has 0 bridgehead atoms. The molecule has 0 aliphatic rings. The van der Waals surface area contributed by atoms with E-state index >= 15 is 0 Å². The zero-order valence-corrected chi connectivity index (χ0v) is 16.6. The number of rotatable bonds is 7. The second kappa shape index (κ2) is 8.89. The summed E-state index contributed by atoms with van der Waals surface area (Å²) in [5.41, 5.74) is 1.15. The Morgan fingerprint density at radius 1 is 1.25 bits per heavy atom. The zero-order valence-electron chi connectivity index (χ0n) is 15.9. The maximum atomic E-state index is 12.9. The fourth-order valence-corrected chi connectivity index (χ4v) is 3.21. The summed E-state index contributed by atoms with van der Waals surface area (Å²) < 4.78 is 5.22. The molecule has 3 rings (SSSR count). The first-order valence-corrected chi connectivity index (χ1v) is 9.47. The Bertz CT molecular complexity index is 1050. The van der Waals surface area contributed by atoms with Crippen molar-refractivity contribution in [1.82, 2.24) is 14.9 Å². The first-order chi connectivity index (χ1) is 13.5. The Balaban J connectivity index is 1.83. The molecule has 1 aromatic heterocycles. The topological polar surface area (TPSA) is 75.3 Å². The molecule has 0 saturated heterocycles. The van der Waals surface area contributed by atoms with Gasteiger partial charge in [-0.25, -0.2) is 4.98 Å². The van der Waals surface area contributed by atoms with Crippen LogP contribution < -0.4 is 10.3 Å². The molecule has 0 spiro atoms. The van der Waals surface area contributed by atoms with Crippen molar-refractivity contribution in [3.63, 3.8) is 0 Å². The summed E-state index contributed by atoms with van der Waals surface area (Å²) in [5.74, 6) is 1.11. The van der Waals surface area contributed by atoms with E-state index in [9.17, 15) is 9.59 Å². The molecule has 0 unspecified atom stereocenters. The number of H-pyrrole nitrogens is 1. The van der Waals surface area contributed by atoms with Crippen molar-refractivity contribution in [1.29, 1.82) is 0 Å². The van der Waals surface area contributed by atoms with Crippen LogP contribution in [0, 0.1) is 0 Å². The molecule has 2 aromatic carbocycles. The molecule has 0 fully saturated rings. The predicted octanol–water partition coefficient (Wildman–Crippen LogP) is 3.57. The molecule has 28 heavy (non-hydrogen) atoms. The number of benzene rings is 2. The standard InChI is InChI=1S/C21H22ClN3O3/c1-3-9-25(20(26)11-14-5-4-6-16(10-14)28-2)13-19-23-18-12-15(22)7-8-17(18)21(27)24-19/h4-8,10,12H,3,9,11,13H2,1-2H3,(H,23,24,27). The van der Waals surface area contributed by atoms with E-state index < -0.39 is 0 Å². The molecule has 7 heteroatoms. The van der Waals surface area contributed by atoms with Gasteiger partial charge in [-0.15, -0.1) is 0 Å². The number of nitrogens with one attached hydrogen (secondary N) is 1. The number of hydrogen-bond donors (Lipinski definition) is 1. The number of carbonyl (C=O) groups is 1. The fourth-order valence-electron chi connectivity index (χ4n) is 3.05. The third-order valence-corrected chi connectivity index (χ3v) is 4.63. The van der Waals surface area contributed by atoms with Gasteiger partial charge in [0.1, 0.15) is 11.6 Å². The summed E-state index contributed by atoms with van der Waals surface area (Å²) in [6.07, 6.45) is 1.05. The van der Waals surface area contributed by atoms with Gasteiger partial charge in [0.25, 0.3) is 5.56 Å². The van der Waals surface area contributed by atoms with Gasteiger partial charge in [0, 0.05) is 11.6 Å². The molecule has 0 aliphatic heterocycles. The van der Waals surface area contributed by atoms with Gasteiger partial charge < -0.3 is 14.6 Å². The van der Waals surface area contributed by atoms with Gasteiger partial charge >= 0.3 is 0 Å². The number of halogens is 1. The molecule has 3 aromatic rings. The number of amides is 1. The largest absolute Gasteiger partial charge is 0.497 e. The van der Waals surface area contributed by atoms with Gasteiger partial charge in [-0.05, 0) is 42.3 Å². The van der Waals surface area contributed by atoms with Crippen LogP contribution in [-0.2, 0) is 17.8 Å². The molecular formula is C21H22ClN3O3. The normalized spacial score (nSPS) is 10.8. The number of nitrogens with zero attached hydrogens (tertiary/aromatic N) is 2. The van der Waals surface area contributed by atoms with Crippen LogP contribution in [0.3, 0.4) is 0 Å². The molecule has 0 saturated carbocycles. The van der Waals surface area contributed by atoms with Crippen LogP contribution in [0.25, 0.3) is 10.9 Å². The minimum absolute atomic E-state index is 0.0380. The minimum atomic E-state index is -0.242. The van der Waals surface area contributed by atoms with Crippen molar-refractivity contribution in [2.24, 2.45) is 0 Å². The maximum Gasteiger partial charge on any atom is 0.258 e. The Labute approximate surface area is 168 Å². The van der Waals surface area contributed by atoms with Crippen molar-refractivity contribution < 1.29 is 9.53 Å². The highest BCUT2D eigenvalue weighted by atomic mass is 35.5. The smallest absolute Gasteiger partial charge is 0.258 e. The van der Waals surface area contributed by atoms with E-state index in [0.29, 0.717) is 34.0 Å². The highest BCUT2D eigenvalue weighted by molar-refractivity contribution is 6.31. The van der Waals surface area contributed by atoms with Gasteiger partial charge in [-0.3, -0.25) is 9.59 Å². The van der Waals surface area contributed by atoms with E-state index in [0.717, 1.165) is 12.0 Å². The molecule has 0 radical (unpaired) electrons. The number of aromatic amines is 1. The van der Waals surface area contributed by atoms with Gasteiger partial charge in [-0.1, -0.05) is 30.7 Å². The lowest BCUT2D eigenvalue weighted by Crippen LogP contribution is -2.34. The molecule has 1 amide bonds. The van der Waals surface area contributed by atoms with E-state index in [1.165, 1.54) is 0 Å². The highest BCUT2D eigenvalue weighted by Crippen LogP contribution is 2.16. The Kier molecular flexibility index (Phi) is 6.31. The van der Waals surface area contributed by atoms with Crippen LogP contribution in [0.4, 0.5) is 0 Å². The van der Waals surface area contributed by atoms with E-state index in [1.54, 1.807) is 30.2 Å². The summed E-state index contributed by atoms with van der Waals surface area (Å²) in [4.78, 5) is 34.1. The van der Waals surface area contributed by atoms with Gasteiger partial charge in [-0.2, -0.15) is 0 Å². The Morgan fingerprint density at radius 2 is 2.07 bits per heavy atom. The summed E-state index contributed by atoms with van der Waals surface area (Å²) in [7, 11) is 1.60. The van der Waals surface area contributed by atoms with Gasteiger partial charge in [0.15, 0.2) is 0 Å². The van der Waals surface area contributed by atoms with Crippen molar-refractivity contribution in [3.05, 3.63) is 69.2 Å². The molecule has 146 valence electrons. The number of carbonyl (C=O) groups excluding carboxylic acids is 1. The monoisotopic (exact) mass is 399 g/mol. The van der Waals surface area contributed by atoms with E-state index in [4.69, 9.17) is 16.3 Å². The quantitative estimate of drug-likeness (QED) is 0.659. The number of aromatic nitrogens is 2. The first kappa shape index (κ1) is 19.9. The van der Waals surface area contributed by atoms with Crippen LogP contribution >= 0.6 is 11.6 Å². The molecular weight excluding hydrogens is 378 g/mol. The Hall–Kier alpha value is -2.86. The zero-order chi connectivity index (χ0) is 20.1. The van der Waals surface area contributed by atoms with Crippen LogP contribution in [0.1, 0.15) is 24.7 Å². The number of fused-ring (bicyclic) bond motifs is 1. The summed E-state index contributed by atoms with van der Waals surface area (Å²) in [6.45, 7) is 2.80. The fraction of sp³-hybridized carbons (Fsp3) is 0.286. The third-order valence-electron chi connectivity index (χ3n) is 4.39. The maximum absolute atomic E-state index is 12.9. The lowest BCUT2D eigenvalue weighted by atomic mass is 10.1. The molecule has 0 atom stereocenters. The number of methoxy groups -OCH3 is 1. The second-order valence-electron chi connectivity index (χ2n) is 6.52. The summed E-state index contributed by atoms with van der Waals surface area (Å²) in [6, 6.07) is 12.4. The van der Waals surface area contributed by atoms with E-state index in [2.05, 4.69) is 9.97 Å². The van der Waals surface area contributed by atoms with Crippen LogP contribution in [0.5, 0.6) is 5.75 Å². The van der Waals surface area contributed by atoms with Crippen molar-refractivity contribution in [2.75, 3.05) is 13.7 Å². The van der Waals surface area contributed by atoms with E-state index in [1.807, 2.05) is 31.2 Å². The Morgan fingerprint density at radius 3 is 2.82 bits per heavy atom. The predicted molar refractivity (Wildman–Crippen MR) is 110 cm³/mol. The number of ether oxygens (including phenoxy) is 1. The van der Waals surface area contributed by atoms with Gasteiger partial charge in [0.2, 0.25) is 5.91 Å². The van der Waals surface area contributed by atoms with Crippen molar-refractivity contribution >= 4 is 28.4 Å². The SMILES string of the molecule is CCCN(Cc1nc2cc(Cl)ccc2c(=O)[nH]1)C(=O)Cc1cccc(OC)c1. The van der Waals surface area contributed by atoms with Crippen LogP contribution in [0.15, 0.2) is 47.3 Å². The average molecular weight is 400 g/mol. The highest BCUT2D eigenvalue weighted by Gasteiger charge is 2.16. The van der Waals surface area contributed by atoms with Gasteiger partial charge in [0.05, 0.1) is 31.0 Å². The summed E-state index contributed by atoms with van der Waals surface area (Å²) in [5, 5.41) is 0.981. The number of hydrogen-bond acceptors (Lipinski definition) is 4. The lowest BCUT2D eigenvalue weighted by Gasteiger charge is -2.22. The van der Waals surface area contributed by atoms with E-state index in [-0.39, 0.29) is 24.4 Å². The van der Waals surface area contributed by atoms with Crippen LogP contribution in [-0.4, -0.2) is 34.4 Å². The first-order valence-electron chi connectivity index (χ1n) is 9.09. The third kappa shape index (κ3) is 4.70. The second-order valence-corrected chi connectivity index (χ2v) is 6.95. The molecule has 1 N–H and O–H groups in total. The molecule has 1 heterocycles. The van der Waals surface area contributed by atoms with Crippen molar-refractivity contribution in [3.8, 4) is 5.75 Å².